The molecule has 1 N–H and O–H groups in total. The lowest BCUT2D eigenvalue weighted by atomic mass is 10.1. The van der Waals surface area contributed by atoms with Gasteiger partial charge in [0.2, 0.25) is 0 Å². The lowest BCUT2D eigenvalue weighted by Gasteiger charge is -2.10. The Morgan fingerprint density at radius 1 is 0.975 bits per heavy atom. The number of amides is 1. The molecular formula is C31H24BrN3O5. The van der Waals surface area contributed by atoms with Crippen molar-refractivity contribution >= 4 is 39.3 Å². The van der Waals surface area contributed by atoms with Gasteiger partial charge < -0.3 is 14.8 Å². The quantitative estimate of drug-likeness (QED) is 0.0883. The van der Waals surface area contributed by atoms with E-state index in [1.807, 2.05) is 37.3 Å². The molecule has 0 spiro atoms. The number of nitriles is 1. The Morgan fingerprint density at radius 2 is 1.70 bits per heavy atom. The molecule has 0 saturated carbocycles. The van der Waals surface area contributed by atoms with Crippen LogP contribution in [0.25, 0.3) is 6.08 Å². The Bertz CT molecular complexity index is 1590. The van der Waals surface area contributed by atoms with Crippen molar-refractivity contribution in [2.75, 3.05) is 5.32 Å². The Hall–Kier alpha value is -4.94. The summed E-state index contributed by atoms with van der Waals surface area (Å²) in [7, 11) is 0. The smallest absolute Gasteiger partial charge is 0.269 e. The van der Waals surface area contributed by atoms with Crippen molar-refractivity contribution < 1.29 is 19.2 Å². The number of non-ortho nitro benzene ring substituents is 1. The van der Waals surface area contributed by atoms with Crippen molar-refractivity contribution in [1.29, 1.82) is 5.26 Å². The van der Waals surface area contributed by atoms with Crippen molar-refractivity contribution in [2.24, 2.45) is 0 Å². The number of carbonyl (C=O) groups is 1. The average Bonchev–Trinajstić information content (AvgIpc) is 2.96. The number of nitrogens with one attached hydrogen (secondary N) is 1. The summed E-state index contributed by atoms with van der Waals surface area (Å²) in [6.45, 7) is 2.60. The number of hydrogen-bond acceptors (Lipinski definition) is 6. The summed E-state index contributed by atoms with van der Waals surface area (Å²) in [5, 5.41) is 23.3. The van der Waals surface area contributed by atoms with Gasteiger partial charge in [0.15, 0.2) is 0 Å². The fourth-order valence-corrected chi connectivity index (χ4v) is 4.15. The molecule has 8 nitrogen and oxygen atoms in total. The third-order valence-corrected chi connectivity index (χ3v) is 6.41. The van der Waals surface area contributed by atoms with E-state index in [9.17, 15) is 20.2 Å². The highest BCUT2D eigenvalue weighted by Gasteiger charge is 2.12. The molecule has 0 aromatic heterocycles. The Balaban J connectivity index is 1.35. The normalized spacial score (nSPS) is 10.9. The Kier molecular flexibility index (Phi) is 9.28. The van der Waals surface area contributed by atoms with E-state index >= 15 is 0 Å². The van der Waals surface area contributed by atoms with Crippen molar-refractivity contribution in [3.8, 4) is 17.6 Å². The first kappa shape index (κ1) is 28.1. The van der Waals surface area contributed by atoms with Crippen molar-refractivity contribution in [3.63, 3.8) is 0 Å². The molecule has 0 radical (unpaired) electrons. The van der Waals surface area contributed by atoms with Gasteiger partial charge in [-0.25, -0.2) is 0 Å². The number of nitrogens with zero attached hydrogens (tertiary/aromatic N) is 2. The van der Waals surface area contributed by atoms with Crippen molar-refractivity contribution in [2.45, 2.75) is 20.1 Å². The van der Waals surface area contributed by atoms with Crippen LogP contribution in [0.3, 0.4) is 0 Å². The minimum atomic E-state index is -0.544. The minimum Gasteiger partial charge on any atom is -0.489 e. The van der Waals surface area contributed by atoms with Gasteiger partial charge >= 0.3 is 0 Å². The molecule has 4 aromatic rings. The second kappa shape index (κ2) is 13.2. The van der Waals surface area contributed by atoms with Crippen molar-refractivity contribution in [1.82, 2.24) is 0 Å². The summed E-state index contributed by atoms with van der Waals surface area (Å²) in [4.78, 5) is 23.3. The highest BCUT2D eigenvalue weighted by atomic mass is 79.9. The molecule has 200 valence electrons. The summed E-state index contributed by atoms with van der Waals surface area (Å²) >= 11 is 3.44. The van der Waals surface area contributed by atoms with E-state index in [0.717, 1.165) is 5.56 Å². The van der Waals surface area contributed by atoms with Crippen LogP contribution < -0.4 is 14.8 Å². The molecule has 4 aromatic carbocycles. The zero-order valence-electron chi connectivity index (χ0n) is 21.5. The summed E-state index contributed by atoms with van der Waals surface area (Å²) < 4.78 is 12.2. The van der Waals surface area contributed by atoms with Crippen LogP contribution >= 0.6 is 15.9 Å². The summed E-state index contributed by atoms with van der Waals surface area (Å²) in [5.41, 5.74) is 3.95. The van der Waals surface area contributed by atoms with E-state index in [0.29, 0.717) is 39.4 Å². The lowest BCUT2D eigenvalue weighted by Crippen LogP contribution is -2.13. The molecule has 0 aliphatic carbocycles. The standard InChI is InChI=1S/C31H24BrN3O5/c1-21-5-7-22(8-6-21)19-39-28-12-10-26(11-13-28)34-31(36)25(18-33)15-23-9-14-30(29(32)17-23)40-20-24-3-2-4-27(16-24)35(37)38/h2-17H,19-20H2,1H3,(H,34,36)/b25-15+. The SMILES string of the molecule is Cc1ccc(COc2ccc(NC(=O)/C(C#N)=C/c3ccc(OCc4cccc([N+](=O)[O-])c4)c(Br)c3)cc2)cc1. The molecular weight excluding hydrogens is 574 g/mol. The molecule has 1 amide bonds. The number of rotatable bonds is 10. The van der Waals surface area contributed by atoms with E-state index in [1.54, 1.807) is 54.6 Å². The van der Waals surface area contributed by atoms with Crippen LogP contribution in [0.15, 0.2) is 101 Å². The lowest BCUT2D eigenvalue weighted by molar-refractivity contribution is -0.384. The Labute approximate surface area is 239 Å². The van der Waals surface area contributed by atoms with Crippen LogP contribution in [0.2, 0.25) is 0 Å². The van der Waals surface area contributed by atoms with Crippen LogP contribution in [-0.4, -0.2) is 10.8 Å². The maximum atomic E-state index is 12.7. The first-order chi connectivity index (χ1) is 19.3. The van der Waals surface area contributed by atoms with Gasteiger partial charge in [-0.3, -0.25) is 14.9 Å². The van der Waals surface area contributed by atoms with E-state index in [1.165, 1.54) is 23.8 Å². The van der Waals surface area contributed by atoms with E-state index in [2.05, 4.69) is 21.2 Å². The summed E-state index contributed by atoms with van der Waals surface area (Å²) in [5.74, 6) is 0.626. The zero-order chi connectivity index (χ0) is 28.5. The zero-order valence-corrected chi connectivity index (χ0v) is 23.1. The molecule has 40 heavy (non-hydrogen) atoms. The van der Waals surface area contributed by atoms with Crippen LogP contribution in [-0.2, 0) is 18.0 Å². The predicted molar refractivity (Wildman–Crippen MR) is 156 cm³/mol. The van der Waals surface area contributed by atoms with Gasteiger partial charge in [-0.05, 0) is 82.0 Å². The molecule has 0 aliphatic rings. The largest absolute Gasteiger partial charge is 0.489 e. The number of anilines is 1. The Morgan fingerprint density at radius 3 is 2.38 bits per heavy atom. The highest BCUT2D eigenvalue weighted by Crippen LogP contribution is 2.28. The maximum Gasteiger partial charge on any atom is 0.269 e. The van der Waals surface area contributed by atoms with E-state index < -0.39 is 10.8 Å². The van der Waals surface area contributed by atoms with Crippen molar-refractivity contribution in [3.05, 3.63) is 133 Å². The first-order valence-electron chi connectivity index (χ1n) is 12.2. The number of carbonyl (C=O) groups excluding carboxylic acids is 1. The average molecular weight is 598 g/mol. The predicted octanol–water partition coefficient (Wildman–Crippen LogP) is 7.37. The van der Waals surface area contributed by atoms with Crippen LogP contribution in [0.5, 0.6) is 11.5 Å². The van der Waals surface area contributed by atoms with Crippen LogP contribution in [0, 0.1) is 28.4 Å². The second-order valence-corrected chi connectivity index (χ2v) is 9.68. The number of hydrogen-bond donors (Lipinski definition) is 1. The van der Waals surface area contributed by atoms with Gasteiger partial charge in [0.25, 0.3) is 11.6 Å². The number of benzene rings is 4. The fourth-order valence-electron chi connectivity index (χ4n) is 3.64. The molecule has 0 unspecified atom stereocenters. The number of aryl methyl sites for hydroxylation is 1. The molecule has 0 atom stereocenters. The maximum absolute atomic E-state index is 12.7. The summed E-state index contributed by atoms with van der Waals surface area (Å²) in [6.07, 6.45) is 1.48. The molecule has 0 bridgehead atoms. The molecule has 0 fully saturated rings. The molecule has 4 rings (SSSR count). The van der Waals surface area contributed by atoms with E-state index in [4.69, 9.17) is 9.47 Å². The molecule has 0 saturated heterocycles. The fraction of sp³-hybridized carbons (Fsp3) is 0.0968. The van der Waals surface area contributed by atoms with E-state index in [-0.39, 0.29) is 17.9 Å². The second-order valence-electron chi connectivity index (χ2n) is 8.83. The van der Waals surface area contributed by atoms with Gasteiger partial charge in [0.1, 0.15) is 36.4 Å². The molecule has 0 aliphatic heterocycles. The number of nitro groups is 1. The summed E-state index contributed by atoms with van der Waals surface area (Å²) in [6, 6.07) is 28.3. The van der Waals surface area contributed by atoms with Gasteiger partial charge in [-0.15, -0.1) is 0 Å². The van der Waals surface area contributed by atoms with Gasteiger partial charge in [-0.1, -0.05) is 48.0 Å². The first-order valence-corrected chi connectivity index (χ1v) is 13.0. The third-order valence-electron chi connectivity index (χ3n) is 5.79. The molecule has 9 heteroatoms. The van der Waals surface area contributed by atoms with Crippen LogP contribution in [0.1, 0.15) is 22.3 Å². The number of halogens is 1. The highest BCUT2D eigenvalue weighted by molar-refractivity contribution is 9.10. The topological polar surface area (TPSA) is 114 Å². The third kappa shape index (κ3) is 7.79. The minimum absolute atomic E-state index is 0.00893. The number of ether oxygens (including phenoxy) is 2. The monoisotopic (exact) mass is 597 g/mol. The number of nitro benzene ring substituents is 1. The van der Waals surface area contributed by atoms with Gasteiger partial charge in [0.05, 0.1) is 9.40 Å². The van der Waals surface area contributed by atoms with Gasteiger partial charge in [0, 0.05) is 17.8 Å². The van der Waals surface area contributed by atoms with Crippen LogP contribution in [0.4, 0.5) is 11.4 Å². The van der Waals surface area contributed by atoms with Gasteiger partial charge in [-0.2, -0.15) is 5.26 Å². The molecule has 0 heterocycles.